The lowest BCUT2D eigenvalue weighted by atomic mass is 10.2. The van der Waals surface area contributed by atoms with E-state index in [2.05, 4.69) is 26.2 Å². The zero-order valence-electron chi connectivity index (χ0n) is 8.95. The van der Waals surface area contributed by atoms with Crippen molar-refractivity contribution in [2.24, 2.45) is 0 Å². The van der Waals surface area contributed by atoms with Crippen LogP contribution in [-0.2, 0) is 0 Å². The van der Waals surface area contributed by atoms with Crippen molar-refractivity contribution in [3.05, 3.63) is 57.5 Å². The molecule has 2 rings (SSSR count). The first kappa shape index (κ1) is 13.0. The fourth-order valence-corrected chi connectivity index (χ4v) is 1.80. The molecule has 92 valence electrons. The van der Waals surface area contributed by atoms with Gasteiger partial charge in [-0.3, -0.25) is 9.78 Å². The summed E-state index contributed by atoms with van der Waals surface area (Å²) in [5, 5.41) is 2.96. The molecule has 2 aromatic rings. The quantitative estimate of drug-likeness (QED) is 0.908. The van der Waals surface area contributed by atoms with E-state index in [1.807, 2.05) is 0 Å². The Labute approximate surface area is 116 Å². The van der Waals surface area contributed by atoms with Crippen molar-refractivity contribution in [3.63, 3.8) is 0 Å². The summed E-state index contributed by atoms with van der Waals surface area (Å²) in [6.07, 6.45) is 2.43. The monoisotopic (exact) mass is 328 g/mol. The number of nitrogens with zero attached hydrogens (tertiary/aromatic N) is 1. The van der Waals surface area contributed by atoms with Crippen LogP contribution in [0.1, 0.15) is 10.4 Å². The van der Waals surface area contributed by atoms with Crippen molar-refractivity contribution >= 4 is 39.1 Å². The first-order chi connectivity index (χ1) is 8.58. The highest BCUT2D eigenvalue weighted by molar-refractivity contribution is 9.10. The second-order valence-electron chi connectivity index (χ2n) is 3.44. The standard InChI is InChI=1S/C12H7BrClFN2O/c13-8-5-7(1-2-9(8)14)12(18)17-11-3-4-16-6-10(11)15/h1-6H,(H,16,17,18). The summed E-state index contributed by atoms with van der Waals surface area (Å²) in [5.41, 5.74) is 0.462. The molecule has 1 aromatic carbocycles. The molecule has 1 N–H and O–H groups in total. The third kappa shape index (κ3) is 2.86. The van der Waals surface area contributed by atoms with Gasteiger partial charge in [-0.2, -0.15) is 0 Å². The van der Waals surface area contributed by atoms with Gasteiger partial charge in [0, 0.05) is 16.2 Å². The van der Waals surface area contributed by atoms with Gasteiger partial charge >= 0.3 is 0 Å². The summed E-state index contributed by atoms with van der Waals surface area (Å²) in [7, 11) is 0. The third-order valence-corrected chi connectivity index (χ3v) is 3.42. The average molecular weight is 330 g/mol. The molecule has 0 aliphatic heterocycles. The van der Waals surface area contributed by atoms with Crippen LogP contribution in [-0.4, -0.2) is 10.9 Å². The molecule has 18 heavy (non-hydrogen) atoms. The highest BCUT2D eigenvalue weighted by atomic mass is 79.9. The van der Waals surface area contributed by atoms with E-state index in [4.69, 9.17) is 11.6 Å². The molecule has 0 saturated heterocycles. The van der Waals surface area contributed by atoms with Crippen LogP contribution in [0.25, 0.3) is 0 Å². The summed E-state index contributed by atoms with van der Waals surface area (Å²) in [6, 6.07) is 6.10. The Morgan fingerprint density at radius 1 is 1.39 bits per heavy atom. The second-order valence-corrected chi connectivity index (χ2v) is 4.70. The Morgan fingerprint density at radius 3 is 2.83 bits per heavy atom. The van der Waals surface area contributed by atoms with E-state index in [9.17, 15) is 9.18 Å². The van der Waals surface area contributed by atoms with Gasteiger partial charge in [0.25, 0.3) is 5.91 Å². The highest BCUT2D eigenvalue weighted by Gasteiger charge is 2.10. The van der Waals surface area contributed by atoms with Crippen LogP contribution in [0, 0.1) is 5.82 Å². The van der Waals surface area contributed by atoms with E-state index >= 15 is 0 Å². The van der Waals surface area contributed by atoms with Crippen molar-refractivity contribution in [2.75, 3.05) is 5.32 Å². The van der Waals surface area contributed by atoms with Gasteiger partial charge in [0.05, 0.1) is 16.9 Å². The van der Waals surface area contributed by atoms with Crippen LogP contribution < -0.4 is 5.32 Å². The molecule has 1 heterocycles. The molecule has 0 aliphatic rings. The van der Waals surface area contributed by atoms with Crippen LogP contribution in [0.5, 0.6) is 0 Å². The zero-order chi connectivity index (χ0) is 13.1. The topological polar surface area (TPSA) is 42.0 Å². The number of hydrogen-bond acceptors (Lipinski definition) is 2. The van der Waals surface area contributed by atoms with E-state index in [0.717, 1.165) is 6.20 Å². The van der Waals surface area contributed by atoms with Gasteiger partial charge in [-0.25, -0.2) is 4.39 Å². The molecule has 0 unspecified atom stereocenters. The average Bonchev–Trinajstić information content (AvgIpc) is 2.35. The number of nitrogens with one attached hydrogen (secondary N) is 1. The van der Waals surface area contributed by atoms with Crippen LogP contribution in [0.3, 0.4) is 0 Å². The summed E-state index contributed by atoms with van der Waals surface area (Å²) in [6.45, 7) is 0. The van der Waals surface area contributed by atoms with Gasteiger partial charge in [0.15, 0.2) is 5.82 Å². The van der Waals surface area contributed by atoms with Gasteiger partial charge in [0.1, 0.15) is 0 Å². The number of amides is 1. The Bertz CT molecular complexity index is 606. The van der Waals surface area contributed by atoms with Gasteiger partial charge < -0.3 is 5.32 Å². The first-order valence-corrected chi connectivity index (χ1v) is 6.11. The van der Waals surface area contributed by atoms with Gasteiger partial charge in [-0.15, -0.1) is 0 Å². The lowest BCUT2D eigenvalue weighted by molar-refractivity contribution is 0.102. The SMILES string of the molecule is O=C(Nc1ccncc1F)c1ccc(Cl)c(Br)c1. The molecule has 0 bridgehead atoms. The Morgan fingerprint density at radius 2 is 2.17 bits per heavy atom. The predicted molar refractivity (Wildman–Crippen MR) is 71.3 cm³/mol. The summed E-state index contributed by atoms with van der Waals surface area (Å²) >= 11 is 9.04. The number of hydrogen-bond donors (Lipinski definition) is 1. The van der Waals surface area contributed by atoms with E-state index < -0.39 is 11.7 Å². The first-order valence-electron chi connectivity index (χ1n) is 4.94. The fraction of sp³-hybridized carbons (Fsp3) is 0. The van der Waals surface area contributed by atoms with Crippen molar-refractivity contribution in [3.8, 4) is 0 Å². The van der Waals surface area contributed by atoms with E-state index in [0.29, 0.717) is 15.1 Å². The third-order valence-electron chi connectivity index (χ3n) is 2.20. The lowest BCUT2D eigenvalue weighted by Gasteiger charge is -2.06. The molecule has 0 spiro atoms. The Hall–Kier alpha value is -1.46. The number of anilines is 1. The molecule has 1 aromatic heterocycles. The molecule has 1 amide bonds. The molecule has 0 saturated carbocycles. The Balaban J connectivity index is 2.22. The molecule has 0 atom stereocenters. The molecular weight excluding hydrogens is 322 g/mol. The summed E-state index contributed by atoms with van der Waals surface area (Å²) in [4.78, 5) is 15.5. The number of carbonyl (C=O) groups is 1. The van der Waals surface area contributed by atoms with Crippen molar-refractivity contribution in [1.29, 1.82) is 0 Å². The van der Waals surface area contributed by atoms with E-state index in [1.165, 1.54) is 12.3 Å². The van der Waals surface area contributed by atoms with Crippen molar-refractivity contribution in [1.82, 2.24) is 4.98 Å². The minimum absolute atomic E-state index is 0.0843. The molecule has 0 radical (unpaired) electrons. The number of aromatic nitrogens is 1. The molecular formula is C12H7BrClFN2O. The lowest BCUT2D eigenvalue weighted by Crippen LogP contribution is -2.13. The fourth-order valence-electron chi connectivity index (χ4n) is 1.31. The number of rotatable bonds is 2. The maximum atomic E-state index is 13.3. The summed E-state index contributed by atoms with van der Waals surface area (Å²) in [5.74, 6) is -1.00. The molecule has 0 aliphatic carbocycles. The van der Waals surface area contributed by atoms with E-state index in [-0.39, 0.29) is 5.69 Å². The number of pyridine rings is 1. The predicted octanol–water partition coefficient (Wildman–Crippen LogP) is 3.89. The molecule has 3 nitrogen and oxygen atoms in total. The zero-order valence-corrected chi connectivity index (χ0v) is 11.3. The Kier molecular flexibility index (Phi) is 3.93. The van der Waals surface area contributed by atoms with Gasteiger partial charge in [-0.1, -0.05) is 11.6 Å². The molecule has 0 fully saturated rings. The van der Waals surface area contributed by atoms with Gasteiger partial charge in [-0.05, 0) is 40.2 Å². The van der Waals surface area contributed by atoms with Crippen molar-refractivity contribution < 1.29 is 9.18 Å². The minimum Gasteiger partial charge on any atom is -0.319 e. The van der Waals surface area contributed by atoms with Crippen LogP contribution in [0.15, 0.2) is 41.1 Å². The maximum Gasteiger partial charge on any atom is 0.255 e. The van der Waals surface area contributed by atoms with Crippen LogP contribution in [0.2, 0.25) is 5.02 Å². The number of benzene rings is 1. The maximum absolute atomic E-state index is 13.3. The molecule has 6 heteroatoms. The second kappa shape index (κ2) is 5.46. The van der Waals surface area contributed by atoms with E-state index in [1.54, 1.807) is 18.2 Å². The normalized spacial score (nSPS) is 10.2. The van der Waals surface area contributed by atoms with Crippen LogP contribution >= 0.6 is 27.5 Å². The largest absolute Gasteiger partial charge is 0.319 e. The number of carbonyl (C=O) groups excluding carboxylic acids is 1. The highest BCUT2D eigenvalue weighted by Crippen LogP contribution is 2.23. The van der Waals surface area contributed by atoms with Crippen molar-refractivity contribution in [2.45, 2.75) is 0 Å². The summed E-state index contributed by atoms with van der Waals surface area (Å²) < 4.78 is 13.9. The number of halogens is 3. The minimum atomic E-state index is -0.584. The van der Waals surface area contributed by atoms with Gasteiger partial charge in [0.2, 0.25) is 0 Å². The smallest absolute Gasteiger partial charge is 0.255 e. The van der Waals surface area contributed by atoms with Crippen LogP contribution in [0.4, 0.5) is 10.1 Å².